The van der Waals surface area contributed by atoms with Crippen LogP contribution in [-0.4, -0.2) is 21.0 Å². The van der Waals surface area contributed by atoms with Gasteiger partial charge in [0.05, 0.1) is 5.69 Å². The Morgan fingerprint density at radius 3 is 2.58 bits per heavy atom. The van der Waals surface area contributed by atoms with E-state index in [0.29, 0.717) is 6.04 Å². The maximum Gasteiger partial charge on any atom is 0.159 e. The summed E-state index contributed by atoms with van der Waals surface area (Å²) in [5.74, 6) is 0.781. The average Bonchev–Trinajstić information content (AvgIpc) is 3.20. The van der Waals surface area contributed by atoms with E-state index in [0.717, 1.165) is 35.0 Å². The van der Waals surface area contributed by atoms with E-state index in [9.17, 15) is 0 Å². The highest BCUT2D eigenvalue weighted by Gasteiger charge is 2.20. The van der Waals surface area contributed by atoms with Gasteiger partial charge in [-0.2, -0.15) is 0 Å². The Morgan fingerprint density at radius 2 is 1.89 bits per heavy atom. The van der Waals surface area contributed by atoms with Crippen LogP contribution >= 0.6 is 0 Å². The van der Waals surface area contributed by atoms with Crippen LogP contribution in [0.1, 0.15) is 29.9 Å². The molecule has 0 amide bonds. The third-order valence-corrected chi connectivity index (χ3v) is 3.20. The Bertz CT molecular complexity index is 570. The first-order chi connectivity index (χ1) is 9.20. The zero-order chi connectivity index (χ0) is 13.2. The minimum Gasteiger partial charge on any atom is -0.308 e. The maximum atomic E-state index is 4.62. The normalized spacial score (nSPS) is 14.6. The molecule has 2 aromatic heterocycles. The van der Waals surface area contributed by atoms with Crippen LogP contribution in [0.2, 0.25) is 0 Å². The largest absolute Gasteiger partial charge is 0.308 e. The molecule has 3 rings (SSSR count). The van der Waals surface area contributed by atoms with Gasteiger partial charge < -0.3 is 5.32 Å². The molecule has 4 heteroatoms. The van der Waals surface area contributed by atoms with Crippen LogP contribution in [0.25, 0.3) is 11.4 Å². The molecule has 1 aliphatic carbocycles. The van der Waals surface area contributed by atoms with Crippen molar-refractivity contribution in [2.75, 3.05) is 0 Å². The molecule has 0 atom stereocenters. The number of aryl methyl sites for hydroxylation is 2. The molecule has 98 valence electrons. The van der Waals surface area contributed by atoms with Gasteiger partial charge in [0, 0.05) is 35.7 Å². The van der Waals surface area contributed by atoms with Crippen LogP contribution in [0.4, 0.5) is 0 Å². The average molecular weight is 254 g/mol. The summed E-state index contributed by atoms with van der Waals surface area (Å²) in [5, 5.41) is 3.47. The molecule has 0 saturated heterocycles. The molecule has 0 aliphatic heterocycles. The van der Waals surface area contributed by atoms with Crippen molar-refractivity contribution in [3.63, 3.8) is 0 Å². The van der Waals surface area contributed by atoms with Crippen molar-refractivity contribution in [1.82, 2.24) is 20.3 Å². The standard InChI is InChI=1S/C15H18N4/c1-10-7-12(8-11(2)18-10)15-16-6-5-14(19-15)9-17-13-3-4-13/h5-8,13,17H,3-4,9H2,1-2H3. The van der Waals surface area contributed by atoms with Crippen molar-refractivity contribution in [3.05, 3.63) is 41.5 Å². The maximum absolute atomic E-state index is 4.62. The van der Waals surface area contributed by atoms with Gasteiger partial charge in [-0.3, -0.25) is 4.98 Å². The monoisotopic (exact) mass is 254 g/mol. The summed E-state index contributed by atoms with van der Waals surface area (Å²) < 4.78 is 0. The van der Waals surface area contributed by atoms with Crippen LogP contribution < -0.4 is 5.32 Å². The molecule has 2 heterocycles. The Balaban J connectivity index is 1.84. The molecule has 0 aromatic carbocycles. The molecule has 1 aliphatic rings. The van der Waals surface area contributed by atoms with E-state index in [1.54, 1.807) is 0 Å². The van der Waals surface area contributed by atoms with E-state index in [1.807, 2.05) is 38.2 Å². The molecule has 4 nitrogen and oxygen atoms in total. The number of hydrogen-bond donors (Lipinski definition) is 1. The summed E-state index contributed by atoms with van der Waals surface area (Å²) in [6.07, 6.45) is 4.42. The molecule has 1 fully saturated rings. The molecule has 2 aromatic rings. The zero-order valence-corrected chi connectivity index (χ0v) is 11.3. The molecule has 1 N–H and O–H groups in total. The van der Waals surface area contributed by atoms with Crippen LogP contribution in [0.5, 0.6) is 0 Å². The van der Waals surface area contributed by atoms with Crippen LogP contribution in [-0.2, 0) is 6.54 Å². The lowest BCUT2D eigenvalue weighted by Crippen LogP contribution is -2.16. The molecule has 0 bridgehead atoms. The number of aromatic nitrogens is 3. The molecule has 19 heavy (non-hydrogen) atoms. The first-order valence-corrected chi connectivity index (χ1v) is 6.72. The first-order valence-electron chi connectivity index (χ1n) is 6.72. The lowest BCUT2D eigenvalue weighted by Gasteiger charge is -2.06. The van der Waals surface area contributed by atoms with Crippen molar-refractivity contribution >= 4 is 0 Å². The van der Waals surface area contributed by atoms with Crippen LogP contribution in [0.15, 0.2) is 24.4 Å². The van der Waals surface area contributed by atoms with Crippen molar-refractivity contribution in [1.29, 1.82) is 0 Å². The zero-order valence-electron chi connectivity index (χ0n) is 11.3. The van der Waals surface area contributed by atoms with E-state index in [4.69, 9.17) is 0 Å². The molecular formula is C15H18N4. The lowest BCUT2D eigenvalue weighted by atomic mass is 10.2. The smallest absolute Gasteiger partial charge is 0.159 e. The minimum absolute atomic E-state index is 0.698. The fraction of sp³-hybridized carbons (Fsp3) is 0.400. The highest BCUT2D eigenvalue weighted by molar-refractivity contribution is 5.55. The second-order valence-electron chi connectivity index (χ2n) is 5.17. The quantitative estimate of drug-likeness (QED) is 0.910. The summed E-state index contributed by atoms with van der Waals surface area (Å²) >= 11 is 0. The van der Waals surface area contributed by atoms with Crippen molar-refractivity contribution in [2.24, 2.45) is 0 Å². The second kappa shape index (κ2) is 5.05. The highest BCUT2D eigenvalue weighted by Crippen LogP contribution is 2.20. The van der Waals surface area contributed by atoms with E-state index in [2.05, 4.69) is 20.3 Å². The first kappa shape index (κ1) is 12.2. The van der Waals surface area contributed by atoms with E-state index < -0.39 is 0 Å². The summed E-state index contributed by atoms with van der Waals surface area (Å²) in [7, 11) is 0. The summed E-state index contributed by atoms with van der Waals surface area (Å²) in [5.41, 5.74) is 4.09. The van der Waals surface area contributed by atoms with Crippen molar-refractivity contribution < 1.29 is 0 Å². The second-order valence-corrected chi connectivity index (χ2v) is 5.17. The minimum atomic E-state index is 0.698. The Hall–Kier alpha value is -1.81. The molecule has 0 spiro atoms. The van der Waals surface area contributed by atoms with Gasteiger partial charge in [-0.05, 0) is 44.9 Å². The summed E-state index contributed by atoms with van der Waals surface area (Å²) in [6.45, 7) is 4.81. The third-order valence-electron chi connectivity index (χ3n) is 3.20. The van der Waals surface area contributed by atoms with E-state index >= 15 is 0 Å². The Morgan fingerprint density at radius 1 is 1.16 bits per heavy atom. The number of hydrogen-bond acceptors (Lipinski definition) is 4. The third kappa shape index (κ3) is 3.15. The number of nitrogens with zero attached hydrogens (tertiary/aromatic N) is 3. The Labute approximate surface area is 113 Å². The predicted octanol–water partition coefficient (Wildman–Crippen LogP) is 2.41. The number of rotatable bonds is 4. The van der Waals surface area contributed by atoms with Gasteiger partial charge in [-0.1, -0.05) is 0 Å². The Kier molecular flexibility index (Phi) is 3.25. The number of pyridine rings is 1. The van der Waals surface area contributed by atoms with Gasteiger partial charge in [-0.25, -0.2) is 9.97 Å². The van der Waals surface area contributed by atoms with Crippen LogP contribution in [0.3, 0.4) is 0 Å². The van der Waals surface area contributed by atoms with Gasteiger partial charge in [0.1, 0.15) is 0 Å². The van der Waals surface area contributed by atoms with Gasteiger partial charge >= 0.3 is 0 Å². The lowest BCUT2D eigenvalue weighted by molar-refractivity contribution is 0.673. The van der Waals surface area contributed by atoms with Gasteiger partial charge in [0.15, 0.2) is 5.82 Å². The van der Waals surface area contributed by atoms with E-state index in [-0.39, 0.29) is 0 Å². The van der Waals surface area contributed by atoms with Gasteiger partial charge in [0.25, 0.3) is 0 Å². The molecule has 0 unspecified atom stereocenters. The van der Waals surface area contributed by atoms with Gasteiger partial charge in [0.2, 0.25) is 0 Å². The van der Waals surface area contributed by atoms with Crippen LogP contribution in [0, 0.1) is 13.8 Å². The SMILES string of the molecule is Cc1cc(-c2nccc(CNC3CC3)n2)cc(C)n1. The molecule has 0 radical (unpaired) electrons. The predicted molar refractivity (Wildman–Crippen MR) is 74.6 cm³/mol. The van der Waals surface area contributed by atoms with Gasteiger partial charge in [-0.15, -0.1) is 0 Å². The van der Waals surface area contributed by atoms with Crippen molar-refractivity contribution in [3.8, 4) is 11.4 Å². The fourth-order valence-electron chi connectivity index (χ4n) is 2.13. The summed E-state index contributed by atoms with van der Waals surface area (Å²) in [4.78, 5) is 13.4. The highest BCUT2D eigenvalue weighted by atomic mass is 15.0. The number of nitrogens with one attached hydrogen (secondary N) is 1. The van der Waals surface area contributed by atoms with E-state index in [1.165, 1.54) is 12.8 Å². The topological polar surface area (TPSA) is 50.7 Å². The van der Waals surface area contributed by atoms with Crippen molar-refractivity contribution in [2.45, 2.75) is 39.3 Å². The molecule has 1 saturated carbocycles. The fourth-order valence-corrected chi connectivity index (χ4v) is 2.13. The summed E-state index contributed by atoms with van der Waals surface area (Å²) in [6, 6.07) is 6.73. The molecular weight excluding hydrogens is 236 g/mol.